The van der Waals surface area contributed by atoms with Crippen molar-refractivity contribution in [1.29, 1.82) is 0 Å². The molecule has 0 aromatic heterocycles. The standard InChI is InChI=1S/C8H16N2O2S/c1-6-3-7-4-9-5-8(7)10(6)13(2,11)12/h6-9H,3-5H2,1-2H3. The monoisotopic (exact) mass is 204 g/mol. The van der Waals surface area contributed by atoms with Gasteiger partial charge in [0.1, 0.15) is 0 Å². The highest BCUT2D eigenvalue weighted by molar-refractivity contribution is 7.88. The molecule has 0 aliphatic carbocycles. The van der Waals surface area contributed by atoms with Gasteiger partial charge in [0.05, 0.1) is 6.26 Å². The van der Waals surface area contributed by atoms with Crippen molar-refractivity contribution in [2.24, 2.45) is 5.92 Å². The summed E-state index contributed by atoms with van der Waals surface area (Å²) in [5.74, 6) is 0.532. The van der Waals surface area contributed by atoms with E-state index in [-0.39, 0.29) is 12.1 Å². The average Bonchev–Trinajstić information content (AvgIpc) is 2.41. The molecule has 2 aliphatic rings. The average molecular weight is 204 g/mol. The maximum Gasteiger partial charge on any atom is 0.211 e. The first-order valence-electron chi connectivity index (χ1n) is 4.69. The molecule has 4 nitrogen and oxygen atoms in total. The Hall–Kier alpha value is -0.130. The van der Waals surface area contributed by atoms with Crippen molar-refractivity contribution >= 4 is 10.0 Å². The van der Waals surface area contributed by atoms with Gasteiger partial charge < -0.3 is 5.32 Å². The van der Waals surface area contributed by atoms with E-state index >= 15 is 0 Å². The lowest BCUT2D eigenvalue weighted by molar-refractivity contribution is 0.338. The van der Waals surface area contributed by atoms with Crippen LogP contribution in [-0.4, -0.2) is 44.2 Å². The highest BCUT2D eigenvalue weighted by atomic mass is 32.2. The van der Waals surface area contributed by atoms with E-state index in [4.69, 9.17) is 0 Å². The summed E-state index contributed by atoms with van der Waals surface area (Å²) >= 11 is 0. The third kappa shape index (κ3) is 1.49. The molecule has 13 heavy (non-hydrogen) atoms. The van der Waals surface area contributed by atoms with Gasteiger partial charge in [0, 0.05) is 18.6 Å². The van der Waals surface area contributed by atoms with Crippen molar-refractivity contribution in [1.82, 2.24) is 9.62 Å². The first-order chi connectivity index (χ1) is 6.00. The predicted octanol–water partition coefficient (Wildman–Crippen LogP) is -0.372. The van der Waals surface area contributed by atoms with Crippen molar-refractivity contribution in [2.45, 2.75) is 25.4 Å². The van der Waals surface area contributed by atoms with Crippen LogP contribution in [-0.2, 0) is 10.0 Å². The lowest BCUT2D eigenvalue weighted by atomic mass is 10.0. The van der Waals surface area contributed by atoms with Crippen molar-refractivity contribution in [3.63, 3.8) is 0 Å². The van der Waals surface area contributed by atoms with Crippen LogP contribution in [0.5, 0.6) is 0 Å². The van der Waals surface area contributed by atoms with E-state index in [1.54, 1.807) is 4.31 Å². The summed E-state index contributed by atoms with van der Waals surface area (Å²) in [6, 6.07) is 0.400. The normalized spacial score (nSPS) is 40.9. The van der Waals surface area contributed by atoms with Gasteiger partial charge in [-0.2, -0.15) is 4.31 Å². The molecular weight excluding hydrogens is 188 g/mol. The molecule has 0 aromatic carbocycles. The SMILES string of the molecule is CC1CC2CNCC2N1S(C)(=O)=O. The van der Waals surface area contributed by atoms with Gasteiger partial charge in [-0.25, -0.2) is 8.42 Å². The van der Waals surface area contributed by atoms with Crippen molar-refractivity contribution in [2.75, 3.05) is 19.3 Å². The Morgan fingerprint density at radius 2 is 2.08 bits per heavy atom. The zero-order valence-electron chi connectivity index (χ0n) is 8.03. The molecule has 5 heteroatoms. The summed E-state index contributed by atoms with van der Waals surface area (Å²) in [5, 5.41) is 3.24. The summed E-state index contributed by atoms with van der Waals surface area (Å²) in [4.78, 5) is 0. The van der Waals surface area contributed by atoms with Gasteiger partial charge in [-0.15, -0.1) is 0 Å². The van der Waals surface area contributed by atoms with E-state index in [0.29, 0.717) is 5.92 Å². The van der Waals surface area contributed by atoms with E-state index < -0.39 is 10.0 Å². The molecule has 76 valence electrons. The molecule has 0 spiro atoms. The summed E-state index contributed by atoms with van der Waals surface area (Å²) in [6.45, 7) is 3.79. The Bertz CT molecular complexity index is 301. The largest absolute Gasteiger partial charge is 0.315 e. The molecule has 2 saturated heterocycles. The number of hydrogen-bond acceptors (Lipinski definition) is 3. The van der Waals surface area contributed by atoms with Gasteiger partial charge in [-0.3, -0.25) is 0 Å². The van der Waals surface area contributed by atoms with Gasteiger partial charge in [0.2, 0.25) is 10.0 Å². The molecule has 0 radical (unpaired) electrons. The van der Waals surface area contributed by atoms with Crippen molar-refractivity contribution in [3.8, 4) is 0 Å². The fourth-order valence-corrected chi connectivity index (χ4v) is 4.18. The molecule has 2 heterocycles. The van der Waals surface area contributed by atoms with Crippen LogP contribution in [0.2, 0.25) is 0 Å². The Balaban J connectivity index is 2.27. The second kappa shape index (κ2) is 2.93. The maximum atomic E-state index is 11.5. The predicted molar refractivity (Wildman–Crippen MR) is 50.9 cm³/mol. The van der Waals surface area contributed by atoms with Crippen LogP contribution in [0.1, 0.15) is 13.3 Å². The van der Waals surface area contributed by atoms with Crippen LogP contribution in [0.15, 0.2) is 0 Å². The van der Waals surface area contributed by atoms with Crippen LogP contribution < -0.4 is 5.32 Å². The van der Waals surface area contributed by atoms with Crippen LogP contribution in [0, 0.1) is 5.92 Å². The number of rotatable bonds is 1. The van der Waals surface area contributed by atoms with Gasteiger partial charge in [-0.1, -0.05) is 0 Å². The molecule has 3 unspecified atom stereocenters. The van der Waals surface area contributed by atoms with E-state index in [9.17, 15) is 8.42 Å². The topological polar surface area (TPSA) is 49.4 Å². The van der Waals surface area contributed by atoms with Gasteiger partial charge >= 0.3 is 0 Å². The smallest absolute Gasteiger partial charge is 0.211 e. The Morgan fingerprint density at radius 1 is 1.38 bits per heavy atom. The van der Waals surface area contributed by atoms with Crippen LogP contribution in [0.25, 0.3) is 0 Å². The summed E-state index contributed by atoms with van der Waals surface area (Å²) in [6.07, 6.45) is 2.31. The van der Waals surface area contributed by atoms with Gasteiger partial charge in [-0.05, 0) is 25.8 Å². The highest BCUT2D eigenvalue weighted by Crippen LogP contribution is 2.33. The molecule has 0 amide bonds. The maximum absolute atomic E-state index is 11.5. The van der Waals surface area contributed by atoms with Gasteiger partial charge in [0.25, 0.3) is 0 Å². The van der Waals surface area contributed by atoms with Crippen LogP contribution >= 0.6 is 0 Å². The molecule has 3 atom stereocenters. The molecule has 2 rings (SSSR count). The number of sulfonamides is 1. The molecule has 1 N–H and O–H groups in total. The molecule has 2 aliphatic heterocycles. The fourth-order valence-electron chi connectivity index (χ4n) is 2.70. The minimum atomic E-state index is -3.01. The third-order valence-electron chi connectivity index (χ3n) is 3.09. The van der Waals surface area contributed by atoms with E-state index in [2.05, 4.69) is 5.32 Å². The summed E-state index contributed by atoms with van der Waals surface area (Å²) < 4.78 is 24.6. The van der Waals surface area contributed by atoms with E-state index in [1.165, 1.54) is 6.26 Å². The summed E-state index contributed by atoms with van der Waals surface area (Å²) in [5.41, 5.74) is 0. The Labute approximate surface area is 79.4 Å². The Kier molecular flexibility index (Phi) is 2.13. The number of nitrogens with zero attached hydrogens (tertiary/aromatic N) is 1. The van der Waals surface area contributed by atoms with Crippen LogP contribution in [0.3, 0.4) is 0 Å². The molecule has 2 fully saturated rings. The second-order valence-corrected chi connectivity index (χ2v) is 6.05. The third-order valence-corrected chi connectivity index (χ3v) is 4.49. The number of nitrogens with one attached hydrogen (secondary N) is 1. The van der Waals surface area contributed by atoms with Crippen LogP contribution in [0.4, 0.5) is 0 Å². The van der Waals surface area contributed by atoms with Crippen molar-refractivity contribution < 1.29 is 8.42 Å². The lowest BCUT2D eigenvalue weighted by Crippen LogP contribution is -2.41. The fraction of sp³-hybridized carbons (Fsp3) is 1.00. The Morgan fingerprint density at radius 3 is 2.69 bits per heavy atom. The van der Waals surface area contributed by atoms with Crippen molar-refractivity contribution in [3.05, 3.63) is 0 Å². The summed E-state index contributed by atoms with van der Waals surface area (Å²) in [7, 11) is -3.01. The zero-order chi connectivity index (χ0) is 9.64. The minimum absolute atomic E-state index is 0.187. The van der Waals surface area contributed by atoms with E-state index in [0.717, 1.165) is 19.5 Å². The minimum Gasteiger partial charge on any atom is -0.315 e. The number of hydrogen-bond donors (Lipinski definition) is 1. The molecular formula is C8H16N2O2S. The first kappa shape index (κ1) is 9.43. The zero-order valence-corrected chi connectivity index (χ0v) is 8.84. The molecule has 0 aromatic rings. The lowest BCUT2D eigenvalue weighted by Gasteiger charge is -2.24. The first-order valence-corrected chi connectivity index (χ1v) is 6.54. The molecule has 0 saturated carbocycles. The quantitative estimate of drug-likeness (QED) is 0.634. The number of fused-ring (bicyclic) bond motifs is 1. The highest BCUT2D eigenvalue weighted by Gasteiger charge is 2.45. The molecule has 0 bridgehead atoms. The van der Waals surface area contributed by atoms with E-state index in [1.807, 2.05) is 6.92 Å². The van der Waals surface area contributed by atoms with Gasteiger partial charge in [0.15, 0.2) is 0 Å². The second-order valence-electron chi connectivity index (χ2n) is 4.16.